The van der Waals surface area contributed by atoms with Gasteiger partial charge in [0.15, 0.2) is 0 Å². The van der Waals surface area contributed by atoms with E-state index in [0.717, 1.165) is 16.5 Å². The van der Waals surface area contributed by atoms with Gasteiger partial charge < -0.3 is 10.1 Å². The molecular weight excluding hydrogens is 333 g/mol. The summed E-state index contributed by atoms with van der Waals surface area (Å²) < 4.78 is 5.20. The predicted molar refractivity (Wildman–Crippen MR) is 94.9 cm³/mol. The lowest BCUT2D eigenvalue weighted by Crippen LogP contribution is -2.12. The maximum absolute atomic E-state index is 12.4. The zero-order chi connectivity index (χ0) is 16.4. The van der Waals surface area contributed by atoms with Crippen LogP contribution in [0.1, 0.15) is 10.4 Å². The molecule has 0 heterocycles. The molecule has 0 saturated heterocycles. The minimum Gasteiger partial charge on any atom is -0.497 e. The van der Waals surface area contributed by atoms with Gasteiger partial charge in [0.1, 0.15) is 5.75 Å². The highest BCUT2D eigenvalue weighted by atomic mass is 35.5. The summed E-state index contributed by atoms with van der Waals surface area (Å²) in [4.78, 5) is 12.4. The molecule has 5 heteroatoms. The highest BCUT2D eigenvalue weighted by Crippen LogP contribution is 2.30. The van der Waals surface area contributed by atoms with E-state index in [1.165, 1.54) is 0 Å². The first kappa shape index (κ1) is 15.7. The maximum atomic E-state index is 12.4. The highest BCUT2D eigenvalue weighted by Gasteiger charge is 2.12. The summed E-state index contributed by atoms with van der Waals surface area (Å²) in [5.74, 6) is 0.510. The molecule has 3 aromatic carbocycles. The lowest BCUT2D eigenvalue weighted by Gasteiger charge is -2.10. The molecule has 0 unspecified atom stereocenters. The van der Waals surface area contributed by atoms with E-state index in [4.69, 9.17) is 27.9 Å². The largest absolute Gasteiger partial charge is 0.497 e. The summed E-state index contributed by atoms with van der Waals surface area (Å²) in [5, 5.41) is 5.50. The Bertz CT molecular complexity index is 873. The molecule has 3 aromatic rings. The zero-order valence-electron chi connectivity index (χ0n) is 12.3. The molecule has 0 atom stereocenters. The van der Waals surface area contributed by atoms with Gasteiger partial charge in [0.2, 0.25) is 0 Å². The van der Waals surface area contributed by atoms with Crippen LogP contribution in [-0.2, 0) is 0 Å². The minimum absolute atomic E-state index is 0.266. The van der Waals surface area contributed by atoms with Gasteiger partial charge in [0.05, 0.1) is 22.8 Å². The fraction of sp³-hybridized carbons (Fsp3) is 0.0556. The number of rotatable bonds is 3. The van der Waals surface area contributed by atoms with Crippen LogP contribution in [0.2, 0.25) is 10.0 Å². The van der Waals surface area contributed by atoms with E-state index in [9.17, 15) is 4.79 Å². The van der Waals surface area contributed by atoms with Gasteiger partial charge in [-0.1, -0.05) is 41.4 Å². The van der Waals surface area contributed by atoms with E-state index in [1.54, 1.807) is 31.4 Å². The van der Waals surface area contributed by atoms with Crippen LogP contribution in [0.15, 0.2) is 54.6 Å². The van der Waals surface area contributed by atoms with Gasteiger partial charge in [-0.15, -0.1) is 0 Å². The molecule has 3 rings (SSSR count). The Kier molecular flexibility index (Phi) is 4.42. The second-order valence-electron chi connectivity index (χ2n) is 4.98. The Balaban J connectivity index is 1.92. The van der Waals surface area contributed by atoms with Crippen molar-refractivity contribution in [2.75, 3.05) is 12.4 Å². The first-order chi connectivity index (χ1) is 11.1. The molecule has 0 aliphatic rings. The van der Waals surface area contributed by atoms with Gasteiger partial charge in [0.25, 0.3) is 5.91 Å². The zero-order valence-corrected chi connectivity index (χ0v) is 13.8. The number of benzene rings is 3. The maximum Gasteiger partial charge on any atom is 0.255 e. The molecule has 0 saturated carbocycles. The fourth-order valence-corrected chi connectivity index (χ4v) is 2.79. The Labute approximate surface area is 143 Å². The van der Waals surface area contributed by atoms with Gasteiger partial charge >= 0.3 is 0 Å². The van der Waals surface area contributed by atoms with Crippen molar-refractivity contribution in [3.8, 4) is 5.75 Å². The van der Waals surface area contributed by atoms with Crippen LogP contribution in [0.3, 0.4) is 0 Å². The number of ether oxygens (including phenoxy) is 1. The van der Waals surface area contributed by atoms with Crippen LogP contribution >= 0.6 is 23.2 Å². The Morgan fingerprint density at radius 2 is 1.61 bits per heavy atom. The summed E-state index contributed by atoms with van der Waals surface area (Å²) in [5.41, 5.74) is 0.939. The van der Waals surface area contributed by atoms with Crippen molar-refractivity contribution in [2.45, 2.75) is 0 Å². The Hall–Kier alpha value is -2.23. The molecular formula is C18H13Cl2NO2. The monoisotopic (exact) mass is 345 g/mol. The van der Waals surface area contributed by atoms with Gasteiger partial charge in [-0.3, -0.25) is 4.79 Å². The molecule has 0 aromatic heterocycles. The molecule has 0 radical (unpaired) electrons. The first-order valence-corrected chi connectivity index (χ1v) is 7.67. The fourth-order valence-electron chi connectivity index (χ4n) is 2.29. The molecule has 23 heavy (non-hydrogen) atoms. The quantitative estimate of drug-likeness (QED) is 0.689. The number of methoxy groups -OCH3 is 1. The minimum atomic E-state index is -0.266. The first-order valence-electron chi connectivity index (χ1n) is 6.91. The number of anilines is 1. The van der Waals surface area contributed by atoms with Crippen molar-refractivity contribution in [1.29, 1.82) is 0 Å². The van der Waals surface area contributed by atoms with Gasteiger partial charge in [-0.2, -0.15) is 0 Å². The number of hydrogen-bond donors (Lipinski definition) is 1. The SMILES string of the molecule is COc1ccc2cc(C(=O)Nc3c(Cl)cccc3Cl)ccc2c1. The van der Waals surface area contributed by atoms with Crippen LogP contribution in [-0.4, -0.2) is 13.0 Å². The summed E-state index contributed by atoms with van der Waals surface area (Å²) >= 11 is 12.2. The number of fused-ring (bicyclic) bond motifs is 1. The van der Waals surface area contributed by atoms with Gasteiger partial charge in [0, 0.05) is 5.56 Å². The van der Waals surface area contributed by atoms with Crippen molar-refractivity contribution in [3.63, 3.8) is 0 Å². The van der Waals surface area contributed by atoms with Crippen LogP contribution < -0.4 is 10.1 Å². The molecule has 1 amide bonds. The normalized spacial score (nSPS) is 10.6. The number of para-hydroxylation sites is 1. The molecule has 1 N–H and O–H groups in total. The van der Waals surface area contributed by atoms with E-state index in [0.29, 0.717) is 21.3 Å². The van der Waals surface area contributed by atoms with Crippen molar-refractivity contribution in [3.05, 3.63) is 70.2 Å². The Morgan fingerprint density at radius 3 is 2.30 bits per heavy atom. The smallest absolute Gasteiger partial charge is 0.255 e. The molecule has 0 bridgehead atoms. The van der Waals surface area contributed by atoms with E-state index >= 15 is 0 Å². The number of carbonyl (C=O) groups excluding carboxylic acids is 1. The van der Waals surface area contributed by atoms with Gasteiger partial charge in [-0.05, 0) is 47.2 Å². The van der Waals surface area contributed by atoms with Crippen LogP contribution in [0.25, 0.3) is 10.8 Å². The third kappa shape index (κ3) is 3.26. The number of halogens is 2. The van der Waals surface area contributed by atoms with Crippen LogP contribution in [0.5, 0.6) is 5.75 Å². The average molecular weight is 346 g/mol. The third-order valence-corrected chi connectivity index (χ3v) is 4.14. The van der Waals surface area contributed by atoms with E-state index in [1.807, 2.05) is 30.3 Å². The topological polar surface area (TPSA) is 38.3 Å². The summed E-state index contributed by atoms with van der Waals surface area (Å²) in [6, 6.07) is 16.2. The second-order valence-corrected chi connectivity index (χ2v) is 5.79. The molecule has 0 spiro atoms. The average Bonchev–Trinajstić information content (AvgIpc) is 2.57. The molecule has 116 valence electrons. The number of nitrogens with one attached hydrogen (secondary N) is 1. The van der Waals surface area contributed by atoms with Gasteiger partial charge in [-0.25, -0.2) is 0 Å². The third-order valence-electron chi connectivity index (χ3n) is 3.51. The highest BCUT2D eigenvalue weighted by molar-refractivity contribution is 6.40. The summed E-state index contributed by atoms with van der Waals surface area (Å²) in [6.45, 7) is 0. The summed E-state index contributed by atoms with van der Waals surface area (Å²) in [6.07, 6.45) is 0. The van der Waals surface area contributed by atoms with Crippen LogP contribution in [0.4, 0.5) is 5.69 Å². The predicted octanol–water partition coefficient (Wildman–Crippen LogP) is 5.41. The van der Waals surface area contributed by atoms with Crippen molar-refractivity contribution < 1.29 is 9.53 Å². The summed E-state index contributed by atoms with van der Waals surface area (Å²) in [7, 11) is 1.62. The van der Waals surface area contributed by atoms with Crippen molar-refractivity contribution in [1.82, 2.24) is 0 Å². The standard InChI is InChI=1S/C18H13Cl2NO2/c1-23-14-8-7-11-9-13(6-5-12(11)10-14)18(22)21-17-15(19)3-2-4-16(17)20/h2-10H,1H3,(H,21,22). The molecule has 0 aliphatic carbocycles. The van der Waals surface area contributed by atoms with E-state index < -0.39 is 0 Å². The van der Waals surface area contributed by atoms with Crippen LogP contribution in [0, 0.1) is 0 Å². The van der Waals surface area contributed by atoms with Crippen molar-refractivity contribution >= 4 is 45.6 Å². The number of hydrogen-bond acceptors (Lipinski definition) is 2. The molecule has 0 aliphatic heterocycles. The molecule has 3 nitrogen and oxygen atoms in total. The number of amides is 1. The molecule has 0 fully saturated rings. The lowest BCUT2D eigenvalue weighted by molar-refractivity contribution is 0.102. The van der Waals surface area contributed by atoms with E-state index in [-0.39, 0.29) is 5.91 Å². The lowest BCUT2D eigenvalue weighted by atomic mass is 10.1. The number of carbonyl (C=O) groups is 1. The second kappa shape index (κ2) is 6.49. The van der Waals surface area contributed by atoms with Crippen molar-refractivity contribution in [2.24, 2.45) is 0 Å². The Morgan fingerprint density at radius 1 is 0.957 bits per heavy atom. The van der Waals surface area contributed by atoms with E-state index in [2.05, 4.69) is 5.32 Å².